The van der Waals surface area contributed by atoms with Crippen molar-refractivity contribution in [1.82, 2.24) is 10.2 Å². The maximum absolute atomic E-state index is 12.8. The molecule has 8 nitrogen and oxygen atoms in total. The molecule has 1 aromatic rings. The third kappa shape index (κ3) is 4.34. The monoisotopic (exact) mass is 430 g/mol. The number of hydrogen-bond donors (Lipinski definition) is 1. The largest absolute Gasteiger partial charge is 0.466 e. The highest BCUT2D eigenvalue weighted by Crippen LogP contribution is 2.34. The van der Waals surface area contributed by atoms with E-state index in [0.29, 0.717) is 11.3 Å². The van der Waals surface area contributed by atoms with Gasteiger partial charge in [-0.05, 0) is 31.0 Å². The lowest BCUT2D eigenvalue weighted by atomic mass is 9.94. The molecule has 0 radical (unpaired) electrons. The molecule has 11 heteroatoms. The van der Waals surface area contributed by atoms with E-state index in [-0.39, 0.29) is 29.2 Å². The van der Waals surface area contributed by atoms with E-state index in [1.807, 2.05) is 0 Å². The normalized spacial score (nSPS) is 23.9. The number of nitrogens with zero attached hydrogens (tertiary/aromatic N) is 1. The highest BCUT2D eigenvalue weighted by atomic mass is 32.2. The van der Waals surface area contributed by atoms with Crippen LogP contribution in [0.4, 0.5) is 13.6 Å². The highest BCUT2D eigenvalue weighted by molar-refractivity contribution is 7.91. The van der Waals surface area contributed by atoms with Crippen molar-refractivity contribution in [3.63, 3.8) is 0 Å². The predicted molar refractivity (Wildman–Crippen MR) is 98.0 cm³/mol. The van der Waals surface area contributed by atoms with Gasteiger partial charge in [0, 0.05) is 5.70 Å². The summed E-state index contributed by atoms with van der Waals surface area (Å²) in [5.74, 6) is -0.969. The van der Waals surface area contributed by atoms with Crippen molar-refractivity contribution in [3.8, 4) is 5.75 Å². The second-order valence-corrected chi connectivity index (χ2v) is 8.98. The Labute approximate surface area is 166 Å². The van der Waals surface area contributed by atoms with Crippen LogP contribution in [-0.2, 0) is 19.4 Å². The zero-order valence-corrected chi connectivity index (χ0v) is 16.5. The number of urea groups is 1. The number of amides is 2. The van der Waals surface area contributed by atoms with Gasteiger partial charge in [-0.3, -0.25) is 4.90 Å². The summed E-state index contributed by atoms with van der Waals surface area (Å²) in [4.78, 5) is 26.5. The Morgan fingerprint density at radius 3 is 2.45 bits per heavy atom. The van der Waals surface area contributed by atoms with E-state index in [2.05, 4.69) is 10.1 Å². The lowest BCUT2D eigenvalue weighted by Gasteiger charge is -2.38. The van der Waals surface area contributed by atoms with Gasteiger partial charge in [0.2, 0.25) is 0 Å². The molecule has 0 saturated carbocycles. The smallest absolute Gasteiger partial charge is 0.387 e. The molecule has 0 spiro atoms. The van der Waals surface area contributed by atoms with Crippen molar-refractivity contribution >= 4 is 21.8 Å². The molecule has 2 heterocycles. The van der Waals surface area contributed by atoms with Gasteiger partial charge in [0.05, 0.1) is 36.3 Å². The SMILES string of the molecule is COC(=O)C1=C(C)N(C2CCS(=O)(=O)C2)C(=O)NC1c1ccc(OC(F)F)cc1. The molecule has 29 heavy (non-hydrogen) atoms. The summed E-state index contributed by atoms with van der Waals surface area (Å²) in [6, 6.07) is 3.49. The minimum absolute atomic E-state index is 0.0304. The molecule has 1 N–H and O–H groups in total. The van der Waals surface area contributed by atoms with Crippen molar-refractivity contribution in [2.45, 2.75) is 32.0 Å². The molecule has 158 valence electrons. The quantitative estimate of drug-likeness (QED) is 0.717. The van der Waals surface area contributed by atoms with Gasteiger partial charge in [-0.25, -0.2) is 18.0 Å². The fraction of sp³-hybridized carbons (Fsp3) is 0.444. The van der Waals surface area contributed by atoms with Crippen LogP contribution in [0.15, 0.2) is 35.5 Å². The first-order valence-electron chi connectivity index (χ1n) is 8.77. The van der Waals surface area contributed by atoms with E-state index < -0.39 is 40.5 Å². The minimum atomic E-state index is -3.25. The number of carbonyl (C=O) groups is 2. The van der Waals surface area contributed by atoms with Crippen LogP contribution in [0.5, 0.6) is 5.75 Å². The molecule has 1 saturated heterocycles. The number of hydrogen-bond acceptors (Lipinski definition) is 6. The number of halogens is 2. The molecule has 2 aliphatic rings. The van der Waals surface area contributed by atoms with Gasteiger partial charge < -0.3 is 14.8 Å². The van der Waals surface area contributed by atoms with Gasteiger partial charge in [-0.1, -0.05) is 12.1 Å². The summed E-state index contributed by atoms with van der Waals surface area (Å²) in [5.41, 5.74) is 0.887. The Morgan fingerprint density at radius 2 is 1.93 bits per heavy atom. The van der Waals surface area contributed by atoms with Crippen molar-refractivity contribution < 1.29 is 36.3 Å². The first kappa shape index (κ1) is 21.0. The minimum Gasteiger partial charge on any atom is -0.466 e. The summed E-state index contributed by atoms with van der Waals surface area (Å²) >= 11 is 0. The number of alkyl halides is 2. The second kappa shape index (κ2) is 7.97. The van der Waals surface area contributed by atoms with Crippen molar-refractivity contribution in [2.75, 3.05) is 18.6 Å². The fourth-order valence-corrected chi connectivity index (χ4v) is 5.34. The third-order valence-corrected chi connectivity index (χ3v) is 6.69. The number of rotatable bonds is 5. The van der Waals surface area contributed by atoms with Gasteiger partial charge in [0.25, 0.3) is 0 Å². The predicted octanol–water partition coefficient (Wildman–Crippen LogP) is 1.99. The Hall–Kier alpha value is -2.69. The van der Waals surface area contributed by atoms with E-state index in [0.717, 1.165) is 0 Å². The number of sulfone groups is 1. The molecule has 1 aromatic carbocycles. The molecule has 2 aliphatic heterocycles. The topological polar surface area (TPSA) is 102 Å². The van der Waals surface area contributed by atoms with Crippen LogP contribution in [0, 0.1) is 0 Å². The van der Waals surface area contributed by atoms with Crippen LogP contribution in [0.3, 0.4) is 0 Å². The van der Waals surface area contributed by atoms with Crippen LogP contribution >= 0.6 is 0 Å². The molecule has 0 bridgehead atoms. The van der Waals surface area contributed by atoms with Crippen LogP contribution in [0.25, 0.3) is 0 Å². The number of carbonyl (C=O) groups excluding carboxylic acids is 2. The maximum atomic E-state index is 12.8. The Bertz CT molecular complexity index is 946. The molecule has 0 aliphatic carbocycles. The first-order valence-corrected chi connectivity index (χ1v) is 10.6. The summed E-state index contributed by atoms with van der Waals surface area (Å²) in [6.45, 7) is -1.42. The van der Waals surface area contributed by atoms with Crippen molar-refractivity contribution in [2.24, 2.45) is 0 Å². The molecule has 1 fully saturated rings. The van der Waals surface area contributed by atoms with Crippen LogP contribution in [0.2, 0.25) is 0 Å². The average molecular weight is 430 g/mol. The molecule has 0 aromatic heterocycles. The van der Waals surface area contributed by atoms with Crippen LogP contribution < -0.4 is 10.1 Å². The summed E-state index contributed by atoms with van der Waals surface area (Å²) in [5, 5.41) is 2.69. The third-order valence-electron chi connectivity index (χ3n) is 4.94. The fourth-order valence-electron chi connectivity index (χ4n) is 3.64. The number of methoxy groups -OCH3 is 1. The standard InChI is InChI=1S/C18H20F2N2O6S/c1-10-14(16(23)27-2)15(11-3-5-13(6-4-11)28-17(19)20)21-18(24)22(10)12-7-8-29(25,26)9-12/h3-6,12,15,17H,7-9H2,1-2H3,(H,21,24). The summed E-state index contributed by atoms with van der Waals surface area (Å²) in [7, 11) is -2.06. The van der Waals surface area contributed by atoms with Gasteiger partial charge in [0.1, 0.15) is 5.75 Å². The zero-order chi connectivity index (χ0) is 21.3. The van der Waals surface area contributed by atoms with Gasteiger partial charge >= 0.3 is 18.6 Å². The van der Waals surface area contributed by atoms with Gasteiger partial charge in [-0.2, -0.15) is 8.78 Å². The van der Waals surface area contributed by atoms with Gasteiger partial charge in [-0.15, -0.1) is 0 Å². The number of ether oxygens (including phenoxy) is 2. The summed E-state index contributed by atoms with van der Waals surface area (Å²) < 4.78 is 57.5. The van der Waals surface area contributed by atoms with Crippen LogP contribution in [0.1, 0.15) is 24.9 Å². The molecule has 2 unspecified atom stereocenters. The molecule has 2 atom stereocenters. The second-order valence-electron chi connectivity index (χ2n) is 6.75. The maximum Gasteiger partial charge on any atom is 0.387 e. The zero-order valence-electron chi connectivity index (χ0n) is 15.7. The molecule has 3 rings (SSSR count). The Kier molecular flexibility index (Phi) is 5.78. The lowest BCUT2D eigenvalue weighted by Crippen LogP contribution is -2.52. The average Bonchev–Trinajstić information content (AvgIpc) is 3.00. The number of allylic oxidation sites excluding steroid dienone is 1. The van der Waals surface area contributed by atoms with Crippen LogP contribution in [-0.4, -0.2) is 56.6 Å². The van der Waals surface area contributed by atoms with E-state index in [1.165, 1.54) is 36.3 Å². The van der Waals surface area contributed by atoms with Gasteiger partial charge in [0.15, 0.2) is 9.84 Å². The molecule has 2 amide bonds. The Morgan fingerprint density at radius 1 is 1.28 bits per heavy atom. The van der Waals surface area contributed by atoms with Crippen molar-refractivity contribution in [1.29, 1.82) is 0 Å². The van der Waals surface area contributed by atoms with E-state index in [9.17, 15) is 26.8 Å². The molecular weight excluding hydrogens is 410 g/mol. The highest BCUT2D eigenvalue weighted by Gasteiger charge is 2.42. The number of esters is 1. The summed E-state index contributed by atoms with van der Waals surface area (Å²) in [6.07, 6.45) is 0.270. The van der Waals surface area contributed by atoms with E-state index in [4.69, 9.17) is 4.74 Å². The first-order chi connectivity index (χ1) is 13.6. The molecular formula is C18H20F2N2O6S. The van der Waals surface area contributed by atoms with Crippen molar-refractivity contribution in [3.05, 3.63) is 41.1 Å². The number of nitrogens with one attached hydrogen (secondary N) is 1. The lowest BCUT2D eigenvalue weighted by molar-refractivity contribution is -0.136. The van der Waals surface area contributed by atoms with E-state index in [1.54, 1.807) is 6.92 Å². The Balaban J connectivity index is 1.98. The number of benzene rings is 1. The van der Waals surface area contributed by atoms with E-state index >= 15 is 0 Å².